The number of benzene rings is 1. The number of amides is 1. The monoisotopic (exact) mass is 377 g/mol. The molecule has 0 fully saturated rings. The molecule has 0 aliphatic carbocycles. The smallest absolute Gasteiger partial charge is 0.337 e. The zero-order chi connectivity index (χ0) is 16.2. The van der Waals surface area contributed by atoms with Gasteiger partial charge in [0.05, 0.1) is 10.5 Å². The van der Waals surface area contributed by atoms with Crippen molar-refractivity contribution in [3.63, 3.8) is 0 Å². The molecule has 1 amide bonds. The minimum Gasteiger partial charge on any atom is -0.478 e. The summed E-state index contributed by atoms with van der Waals surface area (Å²) in [6.07, 6.45) is 0.676. The second kappa shape index (κ2) is 7.04. The molecule has 0 saturated heterocycles. The van der Waals surface area contributed by atoms with Gasteiger partial charge < -0.3 is 10.4 Å². The van der Waals surface area contributed by atoms with Gasteiger partial charge in [0.2, 0.25) is 5.91 Å². The van der Waals surface area contributed by atoms with Crippen molar-refractivity contribution in [3.8, 4) is 0 Å². The van der Waals surface area contributed by atoms with E-state index in [2.05, 4.69) is 21.2 Å². The van der Waals surface area contributed by atoms with Crippen LogP contribution in [-0.2, 0) is 14.6 Å². The predicted molar refractivity (Wildman–Crippen MR) is 81.0 cm³/mol. The lowest BCUT2D eigenvalue weighted by molar-refractivity contribution is -0.120. The van der Waals surface area contributed by atoms with Gasteiger partial charge in [-0.25, -0.2) is 13.2 Å². The fourth-order valence-electron chi connectivity index (χ4n) is 1.63. The van der Waals surface area contributed by atoms with Crippen LogP contribution in [0.25, 0.3) is 0 Å². The first-order valence-electron chi connectivity index (χ1n) is 6.26. The van der Waals surface area contributed by atoms with E-state index in [1.807, 2.05) is 6.92 Å². The molecule has 1 atom stereocenters. The van der Waals surface area contributed by atoms with E-state index in [9.17, 15) is 18.0 Å². The van der Waals surface area contributed by atoms with E-state index in [0.717, 1.165) is 0 Å². The standard InChI is InChI=1S/C13H16BrNO5S/c1-3-6-15-12(16)8(2)21(19,20)11-7-9(14)4-5-10(11)13(17)18/h4-5,7-8H,3,6H2,1-2H3,(H,15,16)(H,17,18). The van der Waals surface area contributed by atoms with Gasteiger partial charge in [0.1, 0.15) is 5.25 Å². The highest BCUT2D eigenvalue weighted by Gasteiger charge is 2.33. The van der Waals surface area contributed by atoms with Crippen LogP contribution in [0.1, 0.15) is 30.6 Å². The molecule has 0 saturated carbocycles. The number of carbonyl (C=O) groups excluding carboxylic acids is 1. The Morgan fingerprint density at radius 2 is 2.00 bits per heavy atom. The molecule has 1 aromatic rings. The zero-order valence-corrected chi connectivity index (χ0v) is 14.0. The van der Waals surface area contributed by atoms with Gasteiger partial charge in [-0.05, 0) is 31.5 Å². The minimum absolute atomic E-state index is 0.353. The summed E-state index contributed by atoms with van der Waals surface area (Å²) in [6, 6.07) is 3.82. The fraction of sp³-hybridized carbons (Fsp3) is 0.385. The molecule has 1 unspecified atom stereocenters. The normalized spacial score (nSPS) is 12.7. The Balaban J connectivity index is 3.27. The lowest BCUT2D eigenvalue weighted by Crippen LogP contribution is -2.38. The summed E-state index contributed by atoms with van der Waals surface area (Å²) in [5.41, 5.74) is -0.353. The first-order chi connectivity index (χ1) is 9.71. The van der Waals surface area contributed by atoms with Crippen LogP contribution >= 0.6 is 15.9 Å². The van der Waals surface area contributed by atoms with E-state index in [4.69, 9.17) is 5.11 Å². The van der Waals surface area contributed by atoms with Crippen LogP contribution in [0.3, 0.4) is 0 Å². The molecule has 21 heavy (non-hydrogen) atoms. The predicted octanol–water partition coefficient (Wildman–Crippen LogP) is 1.84. The highest BCUT2D eigenvalue weighted by atomic mass is 79.9. The second-order valence-electron chi connectivity index (χ2n) is 4.42. The Morgan fingerprint density at radius 1 is 1.38 bits per heavy atom. The van der Waals surface area contributed by atoms with Gasteiger partial charge in [-0.1, -0.05) is 22.9 Å². The van der Waals surface area contributed by atoms with Crippen LogP contribution < -0.4 is 5.32 Å². The maximum absolute atomic E-state index is 12.5. The van der Waals surface area contributed by atoms with Crippen molar-refractivity contribution >= 4 is 37.6 Å². The first-order valence-corrected chi connectivity index (χ1v) is 8.60. The van der Waals surface area contributed by atoms with Crippen molar-refractivity contribution in [3.05, 3.63) is 28.2 Å². The number of carbonyl (C=O) groups is 2. The Hall–Kier alpha value is -1.41. The van der Waals surface area contributed by atoms with Crippen molar-refractivity contribution in [2.75, 3.05) is 6.54 Å². The molecule has 0 heterocycles. The van der Waals surface area contributed by atoms with Crippen LogP contribution in [-0.4, -0.2) is 37.2 Å². The number of hydrogen-bond acceptors (Lipinski definition) is 4. The highest BCUT2D eigenvalue weighted by Crippen LogP contribution is 2.25. The molecule has 116 valence electrons. The lowest BCUT2D eigenvalue weighted by Gasteiger charge is -2.15. The SMILES string of the molecule is CCCNC(=O)C(C)S(=O)(=O)c1cc(Br)ccc1C(=O)O. The van der Waals surface area contributed by atoms with Gasteiger partial charge in [-0.3, -0.25) is 4.79 Å². The molecule has 0 bridgehead atoms. The Labute approximate surface area is 131 Å². The van der Waals surface area contributed by atoms with Gasteiger partial charge in [0, 0.05) is 11.0 Å². The number of rotatable bonds is 6. The highest BCUT2D eigenvalue weighted by molar-refractivity contribution is 9.10. The summed E-state index contributed by atoms with van der Waals surface area (Å²) in [5, 5.41) is 10.2. The Bertz CT molecular complexity index is 657. The summed E-state index contributed by atoms with van der Waals surface area (Å²) in [5.74, 6) is -2.00. The number of aromatic carboxylic acids is 1. The number of sulfone groups is 1. The van der Waals surface area contributed by atoms with E-state index < -0.39 is 27.0 Å². The molecule has 6 nitrogen and oxygen atoms in total. The van der Waals surface area contributed by atoms with Crippen molar-refractivity contribution in [2.45, 2.75) is 30.4 Å². The molecule has 2 N–H and O–H groups in total. The van der Waals surface area contributed by atoms with Crippen LogP contribution in [0.15, 0.2) is 27.6 Å². The second-order valence-corrected chi connectivity index (χ2v) is 7.58. The minimum atomic E-state index is -4.09. The van der Waals surface area contributed by atoms with E-state index in [-0.39, 0.29) is 10.5 Å². The van der Waals surface area contributed by atoms with Crippen molar-refractivity contribution in [2.24, 2.45) is 0 Å². The molecule has 0 radical (unpaired) electrons. The van der Waals surface area contributed by atoms with Crippen molar-refractivity contribution in [1.82, 2.24) is 5.32 Å². The molecular weight excluding hydrogens is 362 g/mol. The van der Waals surface area contributed by atoms with Crippen molar-refractivity contribution in [1.29, 1.82) is 0 Å². The average molecular weight is 378 g/mol. The third kappa shape index (κ3) is 4.04. The molecule has 1 rings (SSSR count). The van der Waals surface area contributed by atoms with Gasteiger partial charge in [0.15, 0.2) is 9.84 Å². The van der Waals surface area contributed by atoms with Crippen LogP contribution in [0.4, 0.5) is 0 Å². The first kappa shape index (κ1) is 17.6. The van der Waals surface area contributed by atoms with Gasteiger partial charge >= 0.3 is 5.97 Å². The van der Waals surface area contributed by atoms with E-state index in [1.54, 1.807) is 0 Å². The largest absolute Gasteiger partial charge is 0.478 e. The summed E-state index contributed by atoms with van der Waals surface area (Å²) in [4.78, 5) is 22.6. The van der Waals surface area contributed by atoms with Gasteiger partial charge in [-0.2, -0.15) is 0 Å². The molecule has 0 aliphatic heterocycles. The van der Waals surface area contributed by atoms with Gasteiger partial charge in [-0.15, -0.1) is 0 Å². The number of halogens is 1. The maximum atomic E-state index is 12.5. The molecule has 0 aliphatic rings. The fourth-order valence-corrected chi connectivity index (χ4v) is 3.64. The summed E-state index contributed by atoms with van der Waals surface area (Å²) < 4.78 is 25.4. The summed E-state index contributed by atoms with van der Waals surface area (Å²) >= 11 is 3.11. The lowest BCUT2D eigenvalue weighted by atomic mass is 10.2. The Morgan fingerprint density at radius 3 is 2.52 bits per heavy atom. The molecule has 1 aromatic carbocycles. The molecule has 0 aromatic heterocycles. The Kier molecular flexibility index (Phi) is 5.91. The zero-order valence-electron chi connectivity index (χ0n) is 11.6. The number of nitrogens with one attached hydrogen (secondary N) is 1. The molecule has 8 heteroatoms. The number of carboxylic acids is 1. The van der Waals surface area contributed by atoms with Gasteiger partial charge in [0.25, 0.3) is 0 Å². The van der Waals surface area contributed by atoms with Crippen LogP contribution in [0, 0.1) is 0 Å². The third-order valence-corrected chi connectivity index (χ3v) is 5.45. The van der Waals surface area contributed by atoms with Crippen LogP contribution in [0.5, 0.6) is 0 Å². The third-order valence-electron chi connectivity index (χ3n) is 2.86. The summed E-state index contributed by atoms with van der Waals surface area (Å²) in [7, 11) is -4.09. The average Bonchev–Trinajstić information content (AvgIpc) is 2.43. The van der Waals surface area contributed by atoms with E-state index >= 15 is 0 Å². The van der Waals surface area contributed by atoms with Crippen LogP contribution in [0.2, 0.25) is 0 Å². The van der Waals surface area contributed by atoms with E-state index in [1.165, 1.54) is 25.1 Å². The number of carboxylic acid groups (broad SMARTS) is 1. The molecule has 0 spiro atoms. The topological polar surface area (TPSA) is 101 Å². The molecular formula is C13H16BrNO5S. The quantitative estimate of drug-likeness (QED) is 0.787. The maximum Gasteiger partial charge on any atom is 0.337 e. The van der Waals surface area contributed by atoms with Crippen molar-refractivity contribution < 1.29 is 23.1 Å². The summed E-state index contributed by atoms with van der Waals surface area (Å²) in [6.45, 7) is 3.45. The van der Waals surface area contributed by atoms with E-state index in [0.29, 0.717) is 17.4 Å². The number of hydrogen-bond donors (Lipinski definition) is 2.